The highest BCUT2D eigenvalue weighted by Crippen LogP contribution is 2.22. The lowest BCUT2D eigenvalue weighted by Crippen LogP contribution is -2.29. The molecule has 0 aromatic carbocycles. The van der Waals surface area contributed by atoms with E-state index in [2.05, 4.69) is 24.3 Å². The van der Waals surface area contributed by atoms with Crippen molar-refractivity contribution in [3.05, 3.63) is 22.5 Å². The van der Waals surface area contributed by atoms with Gasteiger partial charge in [-0.15, -0.1) is 0 Å². The summed E-state index contributed by atoms with van der Waals surface area (Å²) in [5.41, 5.74) is 1.35. The van der Waals surface area contributed by atoms with Crippen LogP contribution in [-0.2, 0) is 20.9 Å². The summed E-state index contributed by atoms with van der Waals surface area (Å²) in [6, 6.07) is 1.90. The number of nitrogens with one attached hydrogen (secondary N) is 1. The second-order valence-electron chi connectivity index (χ2n) is 5.56. The number of esters is 1. The van der Waals surface area contributed by atoms with Crippen molar-refractivity contribution in [1.29, 1.82) is 5.26 Å². The Bertz CT molecular complexity index is 659. The average Bonchev–Trinajstić information content (AvgIpc) is 2.77. The van der Waals surface area contributed by atoms with Gasteiger partial charge in [-0.05, 0) is 18.9 Å². The Labute approximate surface area is 146 Å². The fourth-order valence-electron chi connectivity index (χ4n) is 1.87. The maximum atomic E-state index is 11.6. The molecule has 0 atom stereocenters. The smallest absolute Gasteiger partial charge is 0.331 e. The molecule has 0 aliphatic heterocycles. The Kier molecular flexibility index (Phi) is 7.99. The number of carbonyl (C=O) groups is 2. The molecule has 0 radical (unpaired) electrons. The number of hydrogen-bond donors (Lipinski definition) is 1. The van der Waals surface area contributed by atoms with Crippen molar-refractivity contribution >= 4 is 29.6 Å². The van der Waals surface area contributed by atoms with Crippen LogP contribution in [0.2, 0.25) is 5.15 Å². The van der Waals surface area contributed by atoms with Gasteiger partial charge in [-0.1, -0.05) is 25.4 Å². The van der Waals surface area contributed by atoms with Gasteiger partial charge in [0.25, 0.3) is 5.91 Å². The van der Waals surface area contributed by atoms with Crippen LogP contribution < -0.4 is 5.32 Å². The Morgan fingerprint density at radius 3 is 2.83 bits per heavy atom. The largest absolute Gasteiger partial charge is 0.452 e. The van der Waals surface area contributed by atoms with Gasteiger partial charge >= 0.3 is 5.97 Å². The lowest BCUT2D eigenvalue weighted by Gasteiger charge is -2.05. The molecule has 0 saturated heterocycles. The van der Waals surface area contributed by atoms with Crippen LogP contribution in [0.5, 0.6) is 0 Å². The Hall–Kier alpha value is -2.33. The summed E-state index contributed by atoms with van der Waals surface area (Å²) in [6.45, 7) is 6.43. The van der Waals surface area contributed by atoms with Gasteiger partial charge < -0.3 is 10.1 Å². The van der Waals surface area contributed by atoms with Crippen LogP contribution in [0.4, 0.5) is 0 Å². The fraction of sp³-hybridized carbons (Fsp3) is 0.500. The first-order valence-corrected chi connectivity index (χ1v) is 7.94. The van der Waals surface area contributed by atoms with Crippen LogP contribution in [0.15, 0.2) is 6.08 Å². The minimum atomic E-state index is -0.655. The van der Waals surface area contributed by atoms with E-state index in [-0.39, 0.29) is 13.0 Å². The van der Waals surface area contributed by atoms with E-state index >= 15 is 0 Å². The molecular weight excluding hydrogens is 332 g/mol. The molecular formula is C16H21ClN4O3. The quantitative estimate of drug-likeness (QED) is 0.439. The zero-order chi connectivity index (χ0) is 18.1. The van der Waals surface area contributed by atoms with E-state index < -0.39 is 18.5 Å². The first-order chi connectivity index (χ1) is 11.3. The molecule has 0 aliphatic rings. The number of nitrogens with zero attached hydrogens (tertiary/aromatic N) is 3. The van der Waals surface area contributed by atoms with Gasteiger partial charge in [0.1, 0.15) is 5.15 Å². The third-order valence-electron chi connectivity index (χ3n) is 2.94. The molecule has 0 saturated carbocycles. The van der Waals surface area contributed by atoms with E-state index in [1.54, 1.807) is 11.6 Å². The maximum absolute atomic E-state index is 11.6. The highest BCUT2D eigenvalue weighted by Gasteiger charge is 2.12. The fourth-order valence-corrected chi connectivity index (χ4v) is 2.17. The van der Waals surface area contributed by atoms with Gasteiger partial charge in [0, 0.05) is 24.7 Å². The summed E-state index contributed by atoms with van der Waals surface area (Å²) >= 11 is 6.26. The molecule has 0 spiro atoms. The monoisotopic (exact) mass is 352 g/mol. The zero-order valence-corrected chi connectivity index (χ0v) is 14.8. The second kappa shape index (κ2) is 9.73. The van der Waals surface area contributed by atoms with Gasteiger partial charge in [-0.2, -0.15) is 10.4 Å². The summed E-state index contributed by atoms with van der Waals surface area (Å²) in [5.74, 6) is -0.716. The summed E-state index contributed by atoms with van der Waals surface area (Å²) in [4.78, 5) is 23.0. The van der Waals surface area contributed by atoms with Gasteiger partial charge in [-0.25, -0.2) is 4.79 Å². The van der Waals surface area contributed by atoms with E-state index in [9.17, 15) is 9.59 Å². The van der Waals surface area contributed by atoms with E-state index in [0.717, 1.165) is 0 Å². The van der Waals surface area contributed by atoms with Crippen LogP contribution in [0.3, 0.4) is 0 Å². The third kappa shape index (κ3) is 6.42. The van der Waals surface area contributed by atoms with Gasteiger partial charge in [0.2, 0.25) is 0 Å². The molecule has 1 aromatic heterocycles. The number of aromatic nitrogens is 2. The molecule has 0 unspecified atom stereocenters. The molecule has 8 heteroatoms. The Morgan fingerprint density at radius 2 is 2.21 bits per heavy atom. The zero-order valence-electron chi connectivity index (χ0n) is 14.0. The third-order valence-corrected chi connectivity index (χ3v) is 3.34. The molecule has 130 valence electrons. The van der Waals surface area contributed by atoms with Crippen LogP contribution in [-0.4, -0.2) is 34.8 Å². The second-order valence-corrected chi connectivity index (χ2v) is 5.92. The number of ether oxygens (including phenoxy) is 1. The molecule has 24 heavy (non-hydrogen) atoms. The molecule has 1 N–H and O–H groups in total. The predicted molar refractivity (Wildman–Crippen MR) is 90.0 cm³/mol. The molecule has 1 amide bonds. The first-order valence-electron chi connectivity index (χ1n) is 7.56. The number of nitriles is 1. The number of hydrogen-bond acceptors (Lipinski definition) is 5. The summed E-state index contributed by atoms with van der Waals surface area (Å²) in [5, 5.41) is 15.6. The molecule has 0 aliphatic carbocycles. The minimum Gasteiger partial charge on any atom is -0.452 e. The number of halogens is 1. The van der Waals surface area contributed by atoms with Gasteiger partial charge in [0.05, 0.1) is 18.2 Å². The predicted octanol–water partition coefficient (Wildman–Crippen LogP) is 2.09. The van der Waals surface area contributed by atoms with Crippen molar-refractivity contribution in [2.45, 2.75) is 33.7 Å². The highest BCUT2D eigenvalue weighted by molar-refractivity contribution is 6.31. The lowest BCUT2D eigenvalue weighted by atomic mass is 10.2. The van der Waals surface area contributed by atoms with E-state index in [1.807, 2.05) is 6.07 Å². The van der Waals surface area contributed by atoms with Crippen molar-refractivity contribution in [3.8, 4) is 6.07 Å². The molecule has 1 heterocycles. The summed E-state index contributed by atoms with van der Waals surface area (Å²) in [6.07, 6.45) is 2.94. The van der Waals surface area contributed by atoms with E-state index in [0.29, 0.717) is 28.9 Å². The summed E-state index contributed by atoms with van der Waals surface area (Å²) in [7, 11) is 0. The van der Waals surface area contributed by atoms with Crippen molar-refractivity contribution in [2.24, 2.45) is 5.92 Å². The van der Waals surface area contributed by atoms with Crippen molar-refractivity contribution in [1.82, 2.24) is 15.1 Å². The van der Waals surface area contributed by atoms with Crippen molar-refractivity contribution in [3.63, 3.8) is 0 Å². The maximum Gasteiger partial charge on any atom is 0.331 e. The Balaban J connectivity index is 2.57. The minimum absolute atomic E-state index is 0.206. The van der Waals surface area contributed by atoms with Crippen molar-refractivity contribution < 1.29 is 14.3 Å². The molecule has 1 rings (SSSR count). The van der Waals surface area contributed by atoms with Crippen LogP contribution in [0, 0.1) is 24.2 Å². The first kappa shape index (κ1) is 19.7. The van der Waals surface area contributed by atoms with Crippen LogP contribution in [0.25, 0.3) is 6.08 Å². The van der Waals surface area contributed by atoms with E-state index in [4.69, 9.17) is 21.6 Å². The van der Waals surface area contributed by atoms with Gasteiger partial charge in [0.15, 0.2) is 6.61 Å². The Morgan fingerprint density at radius 1 is 1.50 bits per heavy atom. The lowest BCUT2D eigenvalue weighted by molar-refractivity contribution is -0.143. The van der Waals surface area contributed by atoms with Crippen LogP contribution >= 0.6 is 11.6 Å². The number of aryl methyl sites for hydroxylation is 1. The van der Waals surface area contributed by atoms with Crippen molar-refractivity contribution in [2.75, 3.05) is 13.2 Å². The van der Waals surface area contributed by atoms with E-state index in [1.165, 1.54) is 12.2 Å². The summed E-state index contributed by atoms with van der Waals surface area (Å²) < 4.78 is 6.51. The van der Waals surface area contributed by atoms with Crippen LogP contribution in [0.1, 0.15) is 31.5 Å². The highest BCUT2D eigenvalue weighted by atomic mass is 35.5. The molecule has 0 bridgehead atoms. The van der Waals surface area contributed by atoms with Gasteiger partial charge in [-0.3, -0.25) is 9.48 Å². The molecule has 0 fully saturated rings. The topological polar surface area (TPSA) is 97.0 Å². The normalized spacial score (nSPS) is 10.8. The number of carbonyl (C=O) groups excluding carboxylic acids is 2. The molecule has 7 nitrogen and oxygen atoms in total. The number of rotatable bonds is 8. The molecule has 1 aromatic rings. The SMILES string of the molecule is Cc1nn(CC(C)C)c(Cl)c1/C=C/C(=O)OCC(=O)NCCC#N. The number of amides is 1. The average molecular weight is 353 g/mol. The standard InChI is InChI=1S/C16H21ClN4O3/c1-11(2)9-21-16(17)13(12(3)20-21)5-6-15(23)24-10-14(22)19-8-4-7-18/h5-6,11H,4,8-10H2,1-3H3,(H,19,22)/b6-5+.